The Labute approximate surface area is 123 Å². The first-order chi connectivity index (χ1) is 9.99. The molecule has 2 unspecified atom stereocenters. The van der Waals surface area contributed by atoms with Crippen molar-refractivity contribution in [2.75, 3.05) is 0 Å². The van der Waals surface area contributed by atoms with Crippen molar-refractivity contribution in [1.82, 2.24) is 0 Å². The fourth-order valence-corrected chi connectivity index (χ4v) is 2.12. The molecule has 0 radical (unpaired) electrons. The number of hydrogen-bond donors (Lipinski definition) is 1. The summed E-state index contributed by atoms with van der Waals surface area (Å²) in [5.74, 6) is -1.56. The van der Waals surface area contributed by atoms with Crippen molar-refractivity contribution in [3.63, 3.8) is 0 Å². The summed E-state index contributed by atoms with van der Waals surface area (Å²) in [7, 11) is 0. The van der Waals surface area contributed by atoms with Crippen LogP contribution in [-0.4, -0.2) is 11.2 Å². The summed E-state index contributed by atoms with van der Waals surface area (Å²) >= 11 is 0. The van der Waals surface area contributed by atoms with Crippen LogP contribution in [0.3, 0.4) is 0 Å². The second-order valence-corrected chi connectivity index (χ2v) is 5.26. The van der Waals surface area contributed by atoms with Crippen LogP contribution >= 0.6 is 0 Å². The monoisotopic (exact) mass is 292 g/mol. The van der Waals surface area contributed by atoms with Crippen molar-refractivity contribution in [1.29, 1.82) is 0 Å². The number of rotatable bonds is 5. The number of halogens is 2. The lowest BCUT2D eigenvalue weighted by molar-refractivity contribution is 0.00572. The van der Waals surface area contributed by atoms with Gasteiger partial charge in [-0.05, 0) is 23.6 Å². The summed E-state index contributed by atoms with van der Waals surface area (Å²) in [6.45, 7) is 3.75. The van der Waals surface area contributed by atoms with Crippen molar-refractivity contribution < 1.29 is 18.6 Å². The molecule has 2 nitrogen and oxygen atoms in total. The minimum Gasteiger partial charge on any atom is -0.484 e. The maximum atomic E-state index is 13.7. The molecule has 0 aromatic heterocycles. The molecule has 0 heterocycles. The molecule has 2 aromatic rings. The van der Waals surface area contributed by atoms with E-state index in [1.54, 1.807) is 12.1 Å². The second kappa shape index (κ2) is 6.68. The summed E-state index contributed by atoms with van der Waals surface area (Å²) in [6, 6.07) is 12.2. The number of aliphatic hydroxyl groups excluding tert-OH is 1. The highest BCUT2D eigenvalue weighted by atomic mass is 19.1. The van der Waals surface area contributed by atoms with Crippen LogP contribution < -0.4 is 4.74 Å². The van der Waals surface area contributed by atoms with Crippen molar-refractivity contribution >= 4 is 0 Å². The highest BCUT2D eigenvalue weighted by Gasteiger charge is 2.27. The summed E-state index contributed by atoms with van der Waals surface area (Å²) in [5.41, 5.74) is 0.693. The van der Waals surface area contributed by atoms with E-state index in [-0.39, 0.29) is 11.7 Å². The molecule has 0 aliphatic heterocycles. The van der Waals surface area contributed by atoms with E-state index in [4.69, 9.17) is 4.74 Å². The van der Waals surface area contributed by atoms with Gasteiger partial charge in [-0.15, -0.1) is 0 Å². The van der Waals surface area contributed by atoms with Crippen LogP contribution in [0.15, 0.2) is 48.5 Å². The smallest absolute Gasteiger partial charge is 0.167 e. The van der Waals surface area contributed by atoms with Gasteiger partial charge in [-0.3, -0.25) is 0 Å². The van der Waals surface area contributed by atoms with E-state index in [0.29, 0.717) is 5.56 Å². The van der Waals surface area contributed by atoms with Crippen LogP contribution in [0.25, 0.3) is 0 Å². The normalized spacial score (nSPS) is 14.0. The molecular weight excluding hydrogens is 274 g/mol. The molecule has 2 aromatic carbocycles. The van der Waals surface area contributed by atoms with Crippen molar-refractivity contribution in [2.45, 2.75) is 26.1 Å². The van der Waals surface area contributed by atoms with E-state index < -0.39 is 23.8 Å². The standard InChI is InChI=1S/C17H18F2O2/c1-11(2)17(16(20)12-6-4-3-5-7-12)21-15-9-8-13(18)10-14(15)19/h3-11,16-17,20H,1-2H3. The van der Waals surface area contributed by atoms with Gasteiger partial charge in [0.05, 0.1) is 0 Å². The summed E-state index contributed by atoms with van der Waals surface area (Å²) in [6.07, 6.45) is -1.52. The van der Waals surface area contributed by atoms with Gasteiger partial charge in [0.1, 0.15) is 18.0 Å². The third-order valence-electron chi connectivity index (χ3n) is 3.27. The SMILES string of the molecule is CC(C)C(Oc1ccc(F)cc1F)C(O)c1ccccc1. The van der Waals surface area contributed by atoms with E-state index in [0.717, 1.165) is 12.1 Å². The Hall–Kier alpha value is -1.94. The highest BCUT2D eigenvalue weighted by molar-refractivity contribution is 5.26. The van der Waals surface area contributed by atoms with E-state index in [9.17, 15) is 13.9 Å². The van der Waals surface area contributed by atoms with Crippen LogP contribution in [0.4, 0.5) is 8.78 Å². The van der Waals surface area contributed by atoms with Gasteiger partial charge in [0.25, 0.3) is 0 Å². The zero-order valence-corrected chi connectivity index (χ0v) is 12.0. The minimum absolute atomic E-state index is 0.0512. The average Bonchev–Trinajstić information content (AvgIpc) is 2.46. The quantitative estimate of drug-likeness (QED) is 0.899. The van der Waals surface area contributed by atoms with Crippen LogP contribution in [-0.2, 0) is 0 Å². The predicted octanol–water partition coefficient (Wildman–Crippen LogP) is 4.10. The van der Waals surface area contributed by atoms with Gasteiger partial charge < -0.3 is 9.84 Å². The van der Waals surface area contributed by atoms with E-state index >= 15 is 0 Å². The first-order valence-corrected chi connectivity index (χ1v) is 6.83. The zero-order chi connectivity index (χ0) is 15.4. The molecule has 1 N–H and O–H groups in total. The van der Waals surface area contributed by atoms with Crippen LogP contribution in [0.2, 0.25) is 0 Å². The maximum absolute atomic E-state index is 13.7. The Morgan fingerprint density at radius 2 is 1.67 bits per heavy atom. The Morgan fingerprint density at radius 3 is 2.24 bits per heavy atom. The molecule has 21 heavy (non-hydrogen) atoms. The van der Waals surface area contributed by atoms with E-state index in [1.165, 1.54) is 6.07 Å². The van der Waals surface area contributed by atoms with Gasteiger partial charge in [-0.25, -0.2) is 8.78 Å². The van der Waals surface area contributed by atoms with Gasteiger partial charge in [0.15, 0.2) is 11.6 Å². The molecule has 4 heteroatoms. The zero-order valence-electron chi connectivity index (χ0n) is 12.0. The molecule has 0 aliphatic rings. The summed E-state index contributed by atoms with van der Waals surface area (Å²) in [5, 5.41) is 10.4. The largest absolute Gasteiger partial charge is 0.484 e. The molecular formula is C17H18F2O2. The highest BCUT2D eigenvalue weighted by Crippen LogP contribution is 2.28. The summed E-state index contributed by atoms with van der Waals surface area (Å²) < 4.78 is 32.2. The van der Waals surface area contributed by atoms with Gasteiger partial charge in [0.2, 0.25) is 0 Å². The fraction of sp³-hybridized carbons (Fsp3) is 0.294. The van der Waals surface area contributed by atoms with Gasteiger partial charge in [-0.1, -0.05) is 44.2 Å². The van der Waals surface area contributed by atoms with Gasteiger partial charge in [0, 0.05) is 6.07 Å². The Kier molecular flexibility index (Phi) is 4.91. The molecule has 0 aliphatic carbocycles. The molecule has 0 fully saturated rings. The van der Waals surface area contributed by atoms with Crippen molar-refractivity contribution in [2.24, 2.45) is 5.92 Å². The van der Waals surface area contributed by atoms with Gasteiger partial charge in [-0.2, -0.15) is 0 Å². The molecule has 2 rings (SSSR count). The fourth-order valence-electron chi connectivity index (χ4n) is 2.12. The van der Waals surface area contributed by atoms with Crippen molar-refractivity contribution in [3.8, 4) is 5.75 Å². The lowest BCUT2D eigenvalue weighted by Crippen LogP contribution is -2.31. The third kappa shape index (κ3) is 3.79. The molecule has 0 amide bonds. The van der Waals surface area contributed by atoms with Crippen LogP contribution in [0, 0.1) is 17.6 Å². The number of aliphatic hydroxyl groups is 1. The lowest BCUT2D eigenvalue weighted by atomic mass is 9.96. The van der Waals surface area contributed by atoms with Crippen LogP contribution in [0.1, 0.15) is 25.5 Å². The third-order valence-corrected chi connectivity index (χ3v) is 3.27. The number of hydrogen-bond acceptors (Lipinski definition) is 2. The van der Waals surface area contributed by atoms with E-state index in [2.05, 4.69) is 0 Å². The van der Waals surface area contributed by atoms with Crippen molar-refractivity contribution in [3.05, 3.63) is 65.7 Å². The molecule has 0 spiro atoms. The van der Waals surface area contributed by atoms with E-state index in [1.807, 2.05) is 32.0 Å². The first kappa shape index (κ1) is 15.4. The Bertz CT molecular complexity index is 585. The average molecular weight is 292 g/mol. The molecule has 0 saturated heterocycles. The summed E-state index contributed by atoms with van der Waals surface area (Å²) in [4.78, 5) is 0. The topological polar surface area (TPSA) is 29.5 Å². The molecule has 0 saturated carbocycles. The van der Waals surface area contributed by atoms with Crippen LogP contribution in [0.5, 0.6) is 5.75 Å². The van der Waals surface area contributed by atoms with Gasteiger partial charge >= 0.3 is 0 Å². The first-order valence-electron chi connectivity index (χ1n) is 6.83. The Morgan fingerprint density at radius 1 is 1.00 bits per heavy atom. The minimum atomic E-state index is -0.893. The maximum Gasteiger partial charge on any atom is 0.167 e. The molecule has 2 atom stereocenters. The predicted molar refractivity (Wildman–Crippen MR) is 77.0 cm³/mol. The molecule has 0 bridgehead atoms. The number of benzene rings is 2. The molecule has 112 valence electrons. The lowest BCUT2D eigenvalue weighted by Gasteiger charge is -2.27. The number of ether oxygens (including phenoxy) is 1. The second-order valence-electron chi connectivity index (χ2n) is 5.26. The Balaban J connectivity index is 2.23.